The lowest BCUT2D eigenvalue weighted by molar-refractivity contribution is 0.0969. The van der Waals surface area contributed by atoms with Crippen LogP contribution in [0, 0.1) is 6.92 Å². The van der Waals surface area contributed by atoms with Gasteiger partial charge in [-0.15, -0.1) is 0 Å². The van der Waals surface area contributed by atoms with Crippen molar-refractivity contribution in [2.24, 2.45) is 0 Å². The number of pyridine rings is 1. The standard InChI is InChI=1S/C18H15Cl2NO4/c1-9-17(25-18(23)24-2)15(10-6-7-11(19)12(20)8-10)16-13(21-9)4-3-5-14(16)22/h6-8H,3-5H2,1-2H3. The summed E-state index contributed by atoms with van der Waals surface area (Å²) in [6, 6.07) is 5.01. The molecule has 2 aromatic rings. The molecule has 1 aromatic heterocycles. The van der Waals surface area contributed by atoms with E-state index in [4.69, 9.17) is 27.9 Å². The van der Waals surface area contributed by atoms with E-state index in [0.717, 1.165) is 6.42 Å². The Morgan fingerprint density at radius 2 is 1.92 bits per heavy atom. The zero-order valence-corrected chi connectivity index (χ0v) is 15.2. The summed E-state index contributed by atoms with van der Waals surface area (Å²) in [5, 5.41) is 0.737. The number of methoxy groups -OCH3 is 1. The van der Waals surface area contributed by atoms with E-state index in [1.807, 2.05) is 0 Å². The van der Waals surface area contributed by atoms with Gasteiger partial charge in [-0.05, 0) is 37.5 Å². The fourth-order valence-corrected chi connectivity index (χ4v) is 3.25. The van der Waals surface area contributed by atoms with Gasteiger partial charge in [0, 0.05) is 12.0 Å². The molecular formula is C18H15Cl2NO4. The number of ketones is 1. The summed E-state index contributed by atoms with van der Waals surface area (Å²) >= 11 is 12.1. The number of hydrogen-bond donors (Lipinski definition) is 0. The van der Waals surface area contributed by atoms with Gasteiger partial charge in [0.2, 0.25) is 0 Å². The topological polar surface area (TPSA) is 65.5 Å². The number of hydrogen-bond acceptors (Lipinski definition) is 5. The van der Waals surface area contributed by atoms with E-state index in [1.54, 1.807) is 25.1 Å². The highest BCUT2D eigenvalue weighted by Crippen LogP contribution is 2.41. The van der Waals surface area contributed by atoms with Crippen LogP contribution in [-0.2, 0) is 11.2 Å². The quantitative estimate of drug-likeness (QED) is 0.684. The number of nitrogens with zero attached hydrogens (tertiary/aromatic N) is 1. The minimum atomic E-state index is -0.880. The van der Waals surface area contributed by atoms with Gasteiger partial charge in [0.25, 0.3) is 0 Å². The van der Waals surface area contributed by atoms with Crippen molar-refractivity contribution < 1.29 is 19.1 Å². The monoisotopic (exact) mass is 379 g/mol. The van der Waals surface area contributed by atoms with E-state index < -0.39 is 6.16 Å². The highest BCUT2D eigenvalue weighted by molar-refractivity contribution is 6.42. The molecule has 3 rings (SSSR count). The number of aromatic nitrogens is 1. The number of ether oxygens (including phenoxy) is 2. The molecule has 0 N–H and O–H groups in total. The Balaban J connectivity index is 2.31. The Morgan fingerprint density at radius 3 is 2.60 bits per heavy atom. The average Bonchev–Trinajstić information content (AvgIpc) is 2.58. The smallest absolute Gasteiger partial charge is 0.437 e. The molecule has 0 bridgehead atoms. The summed E-state index contributed by atoms with van der Waals surface area (Å²) in [5.41, 5.74) is 2.79. The van der Waals surface area contributed by atoms with Crippen molar-refractivity contribution in [1.82, 2.24) is 4.98 Å². The van der Waals surface area contributed by atoms with E-state index in [2.05, 4.69) is 9.72 Å². The Bertz CT molecular complexity index is 880. The third-order valence-electron chi connectivity index (χ3n) is 4.05. The second-order valence-electron chi connectivity index (χ2n) is 5.68. The predicted molar refractivity (Wildman–Crippen MR) is 94.7 cm³/mol. The maximum atomic E-state index is 12.6. The van der Waals surface area contributed by atoms with Gasteiger partial charge in [0.15, 0.2) is 11.5 Å². The fraction of sp³-hybridized carbons (Fsp3) is 0.278. The summed E-state index contributed by atoms with van der Waals surface area (Å²) in [7, 11) is 1.22. The minimum Gasteiger partial charge on any atom is -0.437 e. The first-order valence-electron chi connectivity index (χ1n) is 7.70. The third kappa shape index (κ3) is 3.34. The van der Waals surface area contributed by atoms with Gasteiger partial charge in [0.05, 0.1) is 34.1 Å². The van der Waals surface area contributed by atoms with Crippen LogP contribution in [0.4, 0.5) is 4.79 Å². The Morgan fingerprint density at radius 1 is 1.16 bits per heavy atom. The second-order valence-corrected chi connectivity index (χ2v) is 6.50. The van der Waals surface area contributed by atoms with Crippen LogP contribution >= 0.6 is 23.2 Å². The molecule has 0 radical (unpaired) electrons. The minimum absolute atomic E-state index is 0.0375. The maximum absolute atomic E-state index is 12.6. The summed E-state index contributed by atoms with van der Waals surface area (Å²) in [5.74, 6) is 0.156. The molecule has 5 nitrogen and oxygen atoms in total. The number of carbonyl (C=O) groups excluding carboxylic acids is 2. The molecule has 1 aromatic carbocycles. The first kappa shape index (κ1) is 17.7. The van der Waals surface area contributed by atoms with E-state index in [1.165, 1.54) is 7.11 Å². The molecule has 0 saturated heterocycles. The summed E-state index contributed by atoms with van der Waals surface area (Å²) < 4.78 is 9.91. The van der Waals surface area contributed by atoms with E-state index in [9.17, 15) is 9.59 Å². The van der Waals surface area contributed by atoms with E-state index in [0.29, 0.717) is 51.0 Å². The normalized spacial score (nSPS) is 13.4. The highest BCUT2D eigenvalue weighted by atomic mass is 35.5. The van der Waals surface area contributed by atoms with Crippen LogP contribution in [-0.4, -0.2) is 24.0 Å². The largest absolute Gasteiger partial charge is 0.513 e. The van der Waals surface area contributed by atoms with Gasteiger partial charge in [-0.3, -0.25) is 9.78 Å². The van der Waals surface area contributed by atoms with Crippen LogP contribution in [0.15, 0.2) is 18.2 Å². The maximum Gasteiger partial charge on any atom is 0.513 e. The van der Waals surface area contributed by atoms with Gasteiger partial charge in [-0.2, -0.15) is 0 Å². The zero-order chi connectivity index (χ0) is 18.1. The molecule has 1 aliphatic carbocycles. The second kappa shape index (κ2) is 7.02. The van der Waals surface area contributed by atoms with Crippen molar-refractivity contribution in [3.05, 3.63) is 45.2 Å². The lowest BCUT2D eigenvalue weighted by Crippen LogP contribution is -2.18. The van der Waals surface area contributed by atoms with Crippen LogP contribution < -0.4 is 4.74 Å². The van der Waals surface area contributed by atoms with Gasteiger partial charge >= 0.3 is 6.16 Å². The lowest BCUT2D eigenvalue weighted by Gasteiger charge is -2.22. The number of fused-ring (bicyclic) bond motifs is 1. The Kier molecular flexibility index (Phi) is 4.97. The van der Waals surface area contributed by atoms with Crippen molar-refractivity contribution >= 4 is 35.1 Å². The van der Waals surface area contributed by atoms with E-state index in [-0.39, 0.29) is 11.5 Å². The SMILES string of the molecule is COC(=O)Oc1c(C)nc2c(c1-c1ccc(Cl)c(Cl)c1)C(=O)CCC2. The summed E-state index contributed by atoms with van der Waals surface area (Å²) in [6.45, 7) is 1.72. The highest BCUT2D eigenvalue weighted by Gasteiger charge is 2.29. The molecule has 25 heavy (non-hydrogen) atoms. The van der Waals surface area contributed by atoms with Gasteiger partial charge in [0.1, 0.15) is 0 Å². The summed E-state index contributed by atoms with van der Waals surface area (Å²) in [4.78, 5) is 28.7. The van der Waals surface area contributed by atoms with E-state index >= 15 is 0 Å². The molecule has 1 heterocycles. The van der Waals surface area contributed by atoms with Crippen LogP contribution in [0.2, 0.25) is 10.0 Å². The van der Waals surface area contributed by atoms with Gasteiger partial charge < -0.3 is 9.47 Å². The van der Waals surface area contributed by atoms with Crippen molar-refractivity contribution in [2.45, 2.75) is 26.2 Å². The average molecular weight is 380 g/mol. The first-order valence-corrected chi connectivity index (χ1v) is 8.46. The fourth-order valence-electron chi connectivity index (χ4n) is 2.95. The lowest BCUT2D eigenvalue weighted by atomic mass is 9.87. The molecule has 0 fully saturated rings. The van der Waals surface area contributed by atoms with Crippen molar-refractivity contribution in [1.29, 1.82) is 0 Å². The van der Waals surface area contributed by atoms with Crippen LogP contribution in [0.25, 0.3) is 11.1 Å². The molecule has 130 valence electrons. The first-order chi connectivity index (χ1) is 11.9. The molecule has 0 unspecified atom stereocenters. The third-order valence-corrected chi connectivity index (χ3v) is 4.79. The number of benzene rings is 1. The number of rotatable bonds is 2. The molecule has 0 spiro atoms. The Labute approximate surface area is 154 Å². The summed E-state index contributed by atoms with van der Waals surface area (Å²) in [6.07, 6.45) is 0.976. The van der Waals surface area contributed by atoms with Gasteiger partial charge in [-0.25, -0.2) is 4.79 Å². The van der Waals surface area contributed by atoms with Crippen LogP contribution in [0.3, 0.4) is 0 Å². The predicted octanol–water partition coefficient (Wildman–Crippen LogP) is 5.03. The number of aryl methyl sites for hydroxylation is 2. The molecule has 0 saturated carbocycles. The molecule has 1 aliphatic rings. The van der Waals surface area contributed by atoms with Gasteiger partial charge in [-0.1, -0.05) is 29.3 Å². The number of Topliss-reactive ketones (excluding diaryl/α,β-unsaturated/α-hetero) is 1. The molecular weight excluding hydrogens is 365 g/mol. The molecule has 0 atom stereocenters. The van der Waals surface area contributed by atoms with Crippen LogP contribution in [0.1, 0.15) is 34.6 Å². The zero-order valence-electron chi connectivity index (χ0n) is 13.7. The molecule has 0 amide bonds. The Hall–Kier alpha value is -2.11. The van der Waals surface area contributed by atoms with Crippen molar-refractivity contribution in [2.75, 3.05) is 7.11 Å². The molecule has 0 aliphatic heterocycles. The van der Waals surface area contributed by atoms with Crippen molar-refractivity contribution in [3.8, 4) is 16.9 Å². The van der Waals surface area contributed by atoms with Crippen LogP contribution in [0.5, 0.6) is 5.75 Å². The number of halogens is 2. The van der Waals surface area contributed by atoms with Crippen molar-refractivity contribution in [3.63, 3.8) is 0 Å². The number of carbonyl (C=O) groups is 2. The molecule has 7 heteroatoms.